The highest BCUT2D eigenvalue weighted by Gasteiger charge is 2.52. The summed E-state index contributed by atoms with van der Waals surface area (Å²) in [7, 11) is -0.514. The molecule has 0 amide bonds. The Morgan fingerprint density at radius 2 is 1.55 bits per heavy atom. The van der Waals surface area contributed by atoms with E-state index in [4.69, 9.17) is 44.1 Å². The number of benzene rings is 1. The fourth-order valence-corrected chi connectivity index (χ4v) is 3.44. The van der Waals surface area contributed by atoms with Crippen LogP contribution in [0.1, 0.15) is 33.3 Å². The molecule has 1 aromatic rings. The second kappa shape index (κ2) is 5.64. The Morgan fingerprint density at radius 3 is 2.00 bits per heavy atom. The Labute approximate surface area is 143 Å². The highest BCUT2D eigenvalue weighted by atomic mass is 79.9. The summed E-state index contributed by atoms with van der Waals surface area (Å²) in [5.74, 6) is 0. The minimum atomic E-state index is -0.514. The van der Waals surface area contributed by atoms with Crippen LogP contribution in [-0.2, 0) is 14.6 Å². The van der Waals surface area contributed by atoms with Crippen molar-refractivity contribution in [3.05, 3.63) is 26.7 Å². The van der Waals surface area contributed by atoms with Gasteiger partial charge < -0.3 is 9.31 Å². The van der Waals surface area contributed by atoms with E-state index in [1.165, 1.54) is 0 Å². The van der Waals surface area contributed by atoms with Crippen molar-refractivity contribution < 1.29 is 9.31 Å². The third kappa shape index (κ3) is 2.76. The summed E-state index contributed by atoms with van der Waals surface area (Å²) in [5, 5.41) is 1.72. The lowest BCUT2D eigenvalue weighted by Crippen LogP contribution is -2.41. The van der Waals surface area contributed by atoms with Gasteiger partial charge in [-0.05, 0) is 44.8 Å². The summed E-state index contributed by atoms with van der Waals surface area (Å²) in [6.07, 6.45) is 0. The van der Waals surface area contributed by atoms with Gasteiger partial charge in [0.15, 0.2) is 0 Å². The van der Waals surface area contributed by atoms with Gasteiger partial charge >= 0.3 is 7.12 Å². The van der Waals surface area contributed by atoms with E-state index in [9.17, 15) is 0 Å². The van der Waals surface area contributed by atoms with Crippen LogP contribution in [0.2, 0.25) is 15.1 Å². The molecule has 1 heterocycles. The van der Waals surface area contributed by atoms with Crippen LogP contribution >= 0.6 is 50.7 Å². The lowest BCUT2D eigenvalue weighted by molar-refractivity contribution is 0.00578. The average molecular weight is 400 g/mol. The number of alkyl halides is 1. The molecule has 1 aliphatic rings. The molecule has 0 spiro atoms. The van der Waals surface area contributed by atoms with Gasteiger partial charge in [-0.25, -0.2) is 0 Å². The largest absolute Gasteiger partial charge is 0.495 e. The quantitative estimate of drug-likeness (QED) is 0.402. The second-order valence-electron chi connectivity index (χ2n) is 5.78. The first-order valence-electron chi connectivity index (χ1n) is 6.18. The summed E-state index contributed by atoms with van der Waals surface area (Å²) in [6, 6.07) is 1.76. The first kappa shape index (κ1) is 16.9. The van der Waals surface area contributed by atoms with E-state index in [0.717, 1.165) is 11.0 Å². The van der Waals surface area contributed by atoms with Crippen LogP contribution in [0.15, 0.2) is 6.07 Å². The molecule has 0 radical (unpaired) electrons. The molecule has 0 N–H and O–H groups in total. The summed E-state index contributed by atoms with van der Waals surface area (Å²) in [4.78, 5) is 0. The molecule has 1 fully saturated rings. The van der Waals surface area contributed by atoms with Crippen LogP contribution in [0.3, 0.4) is 0 Å². The predicted octanol–water partition coefficient (Wildman–Crippen LogP) is 4.84. The Morgan fingerprint density at radius 1 is 1.05 bits per heavy atom. The fraction of sp³-hybridized carbons (Fsp3) is 0.538. The molecule has 110 valence electrons. The predicted molar refractivity (Wildman–Crippen MR) is 89.8 cm³/mol. The number of rotatable bonds is 2. The minimum absolute atomic E-state index is 0.350. The molecule has 1 saturated heterocycles. The Kier molecular flexibility index (Phi) is 4.77. The molecule has 7 heteroatoms. The molecule has 2 rings (SSSR count). The van der Waals surface area contributed by atoms with Crippen molar-refractivity contribution in [1.29, 1.82) is 0 Å². The van der Waals surface area contributed by atoms with Crippen LogP contribution in [0, 0.1) is 0 Å². The van der Waals surface area contributed by atoms with Crippen LogP contribution in [0.4, 0.5) is 0 Å². The monoisotopic (exact) mass is 398 g/mol. The third-order valence-corrected chi connectivity index (χ3v) is 5.80. The summed E-state index contributed by atoms with van der Waals surface area (Å²) in [5.41, 5.74) is 0.805. The molecule has 2 nitrogen and oxygen atoms in total. The van der Waals surface area contributed by atoms with Gasteiger partial charge in [-0.15, -0.1) is 0 Å². The zero-order valence-electron chi connectivity index (χ0n) is 11.7. The van der Waals surface area contributed by atoms with E-state index in [1.807, 2.05) is 27.7 Å². The molecule has 0 aliphatic carbocycles. The summed E-state index contributed by atoms with van der Waals surface area (Å²) >= 11 is 21.9. The first-order chi connectivity index (χ1) is 9.10. The zero-order chi connectivity index (χ0) is 15.3. The van der Waals surface area contributed by atoms with E-state index >= 15 is 0 Å². The molecule has 0 bridgehead atoms. The van der Waals surface area contributed by atoms with Gasteiger partial charge in [0.2, 0.25) is 0 Å². The van der Waals surface area contributed by atoms with E-state index in [-0.39, 0.29) is 0 Å². The van der Waals surface area contributed by atoms with Gasteiger partial charge in [-0.2, -0.15) is 0 Å². The van der Waals surface area contributed by atoms with Gasteiger partial charge in [0, 0.05) is 5.33 Å². The normalized spacial score (nSPS) is 20.5. The molecule has 20 heavy (non-hydrogen) atoms. The van der Waals surface area contributed by atoms with E-state index < -0.39 is 18.3 Å². The number of halogens is 4. The summed E-state index contributed by atoms with van der Waals surface area (Å²) < 4.78 is 12.1. The van der Waals surface area contributed by atoms with Gasteiger partial charge in [0.1, 0.15) is 0 Å². The maximum Gasteiger partial charge on any atom is 0.495 e. The van der Waals surface area contributed by atoms with E-state index in [1.54, 1.807) is 6.07 Å². The van der Waals surface area contributed by atoms with Gasteiger partial charge in [-0.3, -0.25) is 0 Å². The van der Waals surface area contributed by atoms with Crippen molar-refractivity contribution in [1.82, 2.24) is 0 Å². The van der Waals surface area contributed by atoms with Crippen LogP contribution in [0.5, 0.6) is 0 Å². The van der Waals surface area contributed by atoms with E-state index in [0.29, 0.717) is 20.4 Å². The van der Waals surface area contributed by atoms with Gasteiger partial charge in [0.05, 0.1) is 26.3 Å². The molecule has 1 aliphatic heterocycles. The zero-order valence-corrected chi connectivity index (χ0v) is 15.5. The van der Waals surface area contributed by atoms with Crippen LogP contribution in [0.25, 0.3) is 0 Å². The van der Waals surface area contributed by atoms with Crippen LogP contribution in [-0.4, -0.2) is 18.3 Å². The Balaban J connectivity index is 2.50. The molecule has 0 saturated carbocycles. The van der Waals surface area contributed by atoms with Crippen LogP contribution < -0.4 is 5.46 Å². The van der Waals surface area contributed by atoms with Gasteiger partial charge in [0.25, 0.3) is 0 Å². The lowest BCUT2D eigenvalue weighted by atomic mass is 9.76. The van der Waals surface area contributed by atoms with Crippen molar-refractivity contribution >= 4 is 63.3 Å². The average Bonchev–Trinajstić information content (AvgIpc) is 2.55. The standard InChI is InChI=1S/C13H15BBrCl3O2/c1-12(2)13(3,4)20-14(19-12)8-5-9(16)11(18)10(17)7(8)6-15/h5H,6H2,1-4H3. The van der Waals surface area contributed by atoms with Crippen molar-refractivity contribution in [3.63, 3.8) is 0 Å². The molecular formula is C13H15BBrCl3O2. The molecule has 0 atom stereocenters. The molecule has 1 aromatic carbocycles. The van der Waals surface area contributed by atoms with Gasteiger partial charge in [-0.1, -0.05) is 50.7 Å². The maximum atomic E-state index is 6.27. The third-order valence-electron chi connectivity index (χ3n) is 3.94. The SMILES string of the molecule is CC1(C)OB(c2cc(Cl)c(Cl)c(Cl)c2CBr)OC1(C)C. The second-order valence-corrected chi connectivity index (χ2v) is 7.50. The minimum Gasteiger partial charge on any atom is -0.399 e. The van der Waals surface area contributed by atoms with Crippen molar-refractivity contribution in [2.45, 2.75) is 44.2 Å². The topological polar surface area (TPSA) is 18.5 Å². The molecule has 0 aromatic heterocycles. The highest BCUT2D eigenvalue weighted by molar-refractivity contribution is 9.08. The Bertz CT molecular complexity index is 533. The number of hydrogen-bond donors (Lipinski definition) is 0. The van der Waals surface area contributed by atoms with E-state index in [2.05, 4.69) is 15.9 Å². The summed E-state index contributed by atoms with van der Waals surface area (Å²) in [6.45, 7) is 8.00. The van der Waals surface area contributed by atoms with Crippen molar-refractivity contribution in [2.24, 2.45) is 0 Å². The number of hydrogen-bond acceptors (Lipinski definition) is 2. The van der Waals surface area contributed by atoms with Crippen molar-refractivity contribution in [2.75, 3.05) is 0 Å². The highest BCUT2D eigenvalue weighted by Crippen LogP contribution is 2.39. The maximum absolute atomic E-state index is 6.27. The smallest absolute Gasteiger partial charge is 0.399 e. The molecular weight excluding hydrogens is 385 g/mol. The first-order valence-corrected chi connectivity index (χ1v) is 8.44. The Hall–Kier alpha value is 0.555. The fourth-order valence-electron chi connectivity index (χ4n) is 1.97. The lowest BCUT2D eigenvalue weighted by Gasteiger charge is -2.32. The molecule has 0 unspecified atom stereocenters. The van der Waals surface area contributed by atoms with Crippen molar-refractivity contribution in [3.8, 4) is 0 Å².